The first-order chi connectivity index (χ1) is 16.7. The van der Waals surface area contributed by atoms with Gasteiger partial charge in [-0.3, -0.25) is 14.9 Å². The van der Waals surface area contributed by atoms with Gasteiger partial charge < -0.3 is 10.3 Å². The number of nitrogens with one attached hydrogen (secondary N) is 3. The summed E-state index contributed by atoms with van der Waals surface area (Å²) in [6.07, 6.45) is 11.9. The van der Waals surface area contributed by atoms with Crippen molar-refractivity contribution in [3.05, 3.63) is 61.1 Å². The predicted molar refractivity (Wildman–Crippen MR) is 134 cm³/mol. The lowest BCUT2D eigenvalue weighted by atomic mass is 9.87. The Morgan fingerprint density at radius 1 is 1.00 bits per heavy atom. The largest absolute Gasteiger partial charge is 0.353 e. The van der Waals surface area contributed by atoms with Crippen LogP contribution in [0.2, 0.25) is 0 Å². The van der Waals surface area contributed by atoms with Gasteiger partial charge in [-0.1, -0.05) is 37.5 Å². The van der Waals surface area contributed by atoms with E-state index in [1.807, 2.05) is 18.2 Å². The van der Waals surface area contributed by atoms with Crippen molar-refractivity contribution in [2.45, 2.75) is 38.5 Å². The molecule has 1 amide bonds. The smallest absolute Gasteiger partial charge is 0.224 e. The van der Waals surface area contributed by atoms with E-state index in [0.29, 0.717) is 23.7 Å². The second kappa shape index (κ2) is 8.74. The first-order valence-electron chi connectivity index (χ1n) is 11.9. The highest BCUT2D eigenvalue weighted by Gasteiger charge is 2.17. The molecular weight excluding hydrogens is 424 g/mol. The number of rotatable bonds is 5. The zero-order chi connectivity index (χ0) is 22.9. The van der Waals surface area contributed by atoms with Crippen LogP contribution < -0.4 is 5.32 Å². The summed E-state index contributed by atoms with van der Waals surface area (Å²) in [6, 6.07) is 14.3. The minimum absolute atomic E-state index is 0.0651. The van der Waals surface area contributed by atoms with E-state index < -0.39 is 0 Å². The number of hydrogen-bond donors (Lipinski definition) is 3. The molecule has 1 aliphatic carbocycles. The van der Waals surface area contributed by atoms with Crippen LogP contribution >= 0.6 is 0 Å². The van der Waals surface area contributed by atoms with Crippen LogP contribution in [0.5, 0.6) is 0 Å². The quantitative estimate of drug-likeness (QED) is 0.302. The van der Waals surface area contributed by atoms with Crippen molar-refractivity contribution in [2.75, 3.05) is 5.32 Å². The maximum absolute atomic E-state index is 12.6. The maximum atomic E-state index is 12.6. The van der Waals surface area contributed by atoms with E-state index in [-0.39, 0.29) is 5.91 Å². The summed E-state index contributed by atoms with van der Waals surface area (Å²) in [5, 5.41) is 12.6. The van der Waals surface area contributed by atoms with Crippen LogP contribution in [-0.2, 0) is 4.79 Å². The molecule has 4 aromatic heterocycles. The van der Waals surface area contributed by atoms with E-state index >= 15 is 0 Å². The molecule has 3 N–H and O–H groups in total. The number of H-pyrrole nitrogens is 2. The van der Waals surface area contributed by atoms with Crippen LogP contribution in [0.25, 0.3) is 44.5 Å². The van der Waals surface area contributed by atoms with E-state index in [2.05, 4.69) is 54.7 Å². The molecular formula is C27H26N6O. The lowest BCUT2D eigenvalue weighted by Gasteiger charge is -2.20. The highest BCUT2D eigenvalue weighted by molar-refractivity contribution is 5.96. The van der Waals surface area contributed by atoms with E-state index in [9.17, 15) is 4.79 Å². The number of hydrogen-bond acceptors (Lipinski definition) is 4. The van der Waals surface area contributed by atoms with Gasteiger partial charge in [0.15, 0.2) is 5.65 Å². The Balaban J connectivity index is 1.27. The van der Waals surface area contributed by atoms with E-state index in [0.717, 1.165) is 51.6 Å². The number of anilines is 1. The first-order valence-corrected chi connectivity index (χ1v) is 11.9. The van der Waals surface area contributed by atoms with Crippen LogP contribution in [0.15, 0.2) is 61.1 Å². The molecule has 6 rings (SSSR count). The second-order valence-electron chi connectivity index (χ2n) is 9.18. The van der Waals surface area contributed by atoms with E-state index in [4.69, 9.17) is 0 Å². The van der Waals surface area contributed by atoms with Crippen LogP contribution in [-0.4, -0.2) is 31.1 Å². The summed E-state index contributed by atoms with van der Waals surface area (Å²) in [4.78, 5) is 25.0. The van der Waals surface area contributed by atoms with Crippen molar-refractivity contribution < 1.29 is 4.79 Å². The molecule has 1 aliphatic rings. The fourth-order valence-corrected chi connectivity index (χ4v) is 5.00. The number of fused-ring (bicyclic) bond motifs is 2. The van der Waals surface area contributed by atoms with Gasteiger partial charge in [-0.05, 0) is 43.0 Å². The number of aromatic nitrogens is 5. The minimum atomic E-state index is 0.0651. The van der Waals surface area contributed by atoms with Gasteiger partial charge >= 0.3 is 0 Å². The number of nitrogens with zero attached hydrogens (tertiary/aromatic N) is 3. The van der Waals surface area contributed by atoms with Crippen molar-refractivity contribution in [1.82, 2.24) is 25.1 Å². The van der Waals surface area contributed by atoms with Crippen molar-refractivity contribution in [3.8, 4) is 22.5 Å². The molecule has 34 heavy (non-hydrogen) atoms. The number of aromatic amines is 2. The molecule has 7 heteroatoms. The van der Waals surface area contributed by atoms with Crippen LogP contribution in [0.4, 0.5) is 5.69 Å². The zero-order valence-corrected chi connectivity index (χ0v) is 18.8. The maximum Gasteiger partial charge on any atom is 0.224 e. The molecule has 0 unspecified atom stereocenters. The minimum Gasteiger partial charge on any atom is -0.353 e. The zero-order valence-electron chi connectivity index (χ0n) is 18.8. The Labute approximate surface area is 197 Å². The number of amides is 1. The molecule has 0 radical (unpaired) electrons. The molecule has 5 aromatic rings. The summed E-state index contributed by atoms with van der Waals surface area (Å²) < 4.78 is 0. The monoisotopic (exact) mass is 450 g/mol. The number of para-hydroxylation sites is 1. The van der Waals surface area contributed by atoms with Gasteiger partial charge in [0, 0.05) is 46.2 Å². The molecule has 170 valence electrons. The molecule has 1 fully saturated rings. The van der Waals surface area contributed by atoms with Gasteiger partial charge in [-0.25, -0.2) is 4.98 Å². The Bertz CT molecular complexity index is 1440. The Morgan fingerprint density at radius 3 is 2.74 bits per heavy atom. The molecule has 4 heterocycles. The van der Waals surface area contributed by atoms with Gasteiger partial charge in [0.2, 0.25) is 5.91 Å². The standard InChI is InChI=1S/C27H26N6O/c34-25(10-17-6-2-1-3-7-17)30-21-11-19(14-28-16-21)20-12-22-26(32-33-27(22)29-15-20)24-13-18-8-4-5-9-23(18)31-24/h4-5,8-9,11-17,31H,1-3,6-7,10H2,(H,30,34)(H,29,32,33). The van der Waals surface area contributed by atoms with E-state index in [1.54, 1.807) is 18.6 Å². The molecule has 0 bridgehead atoms. The molecule has 1 aromatic carbocycles. The molecule has 0 saturated heterocycles. The third kappa shape index (κ3) is 4.05. The highest BCUT2D eigenvalue weighted by Crippen LogP contribution is 2.31. The third-order valence-corrected chi connectivity index (χ3v) is 6.76. The summed E-state index contributed by atoms with van der Waals surface area (Å²) in [7, 11) is 0. The Hall–Kier alpha value is -4.00. The van der Waals surface area contributed by atoms with Gasteiger partial charge in [-0.2, -0.15) is 5.10 Å². The van der Waals surface area contributed by atoms with E-state index in [1.165, 1.54) is 19.3 Å². The molecule has 7 nitrogen and oxygen atoms in total. The lowest BCUT2D eigenvalue weighted by molar-refractivity contribution is -0.117. The van der Waals surface area contributed by atoms with Crippen molar-refractivity contribution in [2.24, 2.45) is 5.92 Å². The SMILES string of the molecule is O=C(CC1CCCCC1)Nc1cncc(-c2cnc3n[nH]c(-c4cc5ccccc5[nH]4)c3c2)c1. The van der Waals surface area contributed by atoms with Gasteiger partial charge in [0.25, 0.3) is 0 Å². The highest BCUT2D eigenvalue weighted by atomic mass is 16.1. The average Bonchev–Trinajstić information content (AvgIpc) is 3.48. The molecule has 1 saturated carbocycles. The summed E-state index contributed by atoms with van der Waals surface area (Å²) in [6.45, 7) is 0. The Morgan fingerprint density at radius 2 is 1.85 bits per heavy atom. The fourth-order valence-electron chi connectivity index (χ4n) is 5.00. The van der Waals surface area contributed by atoms with Crippen molar-refractivity contribution in [3.63, 3.8) is 0 Å². The summed E-state index contributed by atoms with van der Waals surface area (Å²) >= 11 is 0. The van der Waals surface area contributed by atoms with Crippen molar-refractivity contribution in [1.29, 1.82) is 0 Å². The predicted octanol–water partition coefficient (Wildman–Crippen LogP) is 6.08. The summed E-state index contributed by atoms with van der Waals surface area (Å²) in [5.74, 6) is 0.566. The third-order valence-electron chi connectivity index (χ3n) is 6.76. The van der Waals surface area contributed by atoms with Gasteiger partial charge in [0.05, 0.1) is 23.3 Å². The van der Waals surface area contributed by atoms with Crippen LogP contribution in [0, 0.1) is 5.92 Å². The molecule has 0 atom stereocenters. The van der Waals surface area contributed by atoms with Gasteiger partial charge in [-0.15, -0.1) is 0 Å². The van der Waals surface area contributed by atoms with Crippen LogP contribution in [0.3, 0.4) is 0 Å². The van der Waals surface area contributed by atoms with Gasteiger partial charge in [0.1, 0.15) is 0 Å². The number of carbonyl (C=O) groups excluding carboxylic acids is 1. The molecule has 0 spiro atoms. The fraction of sp³-hybridized carbons (Fsp3) is 0.259. The number of pyridine rings is 2. The first kappa shape index (κ1) is 20.6. The topological polar surface area (TPSA) is 99.3 Å². The normalized spacial score (nSPS) is 14.6. The average molecular weight is 451 g/mol. The summed E-state index contributed by atoms with van der Waals surface area (Å²) in [5.41, 5.74) is 6.11. The second-order valence-corrected chi connectivity index (χ2v) is 9.18. The lowest BCUT2D eigenvalue weighted by Crippen LogP contribution is -2.18. The molecule has 0 aliphatic heterocycles. The van der Waals surface area contributed by atoms with Crippen molar-refractivity contribution >= 4 is 33.5 Å². The number of carbonyl (C=O) groups is 1. The number of benzene rings is 1. The van der Waals surface area contributed by atoms with Crippen LogP contribution in [0.1, 0.15) is 38.5 Å². The Kier molecular flexibility index (Phi) is 5.30.